The number of alkyl halides is 1. The highest BCUT2D eigenvalue weighted by Gasteiger charge is 1.98. The van der Waals surface area contributed by atoms with Crippen molar-refractivity contribution in [2.24, 2.45) is 0 Å². The van der Waals surface area contributed by atoms with Crippen LogP contribution in [0.2, 0.25) is 0 Å². The first kappa shape index (κ1) is 11.6. The van der Waals surface area contributed by atoms with Crippen LogP contribution in [0.15, 0.2) is 48.5 Å². The van der Waals surface area contributed by atoms with Gasteiger partial charge in [-0.1, -0.05) is 36.4 Å². The summed E-state index contributed by atoms with van der Waals surface area (Å²) < 4.78 is 12.0. The Morgan fingerprint density at radius 2 is 1.35 bits per heavy atom. The Labute approximate surface area is 101 Å². The minimum Gasteiger partial charge on any atom is -0.508 e. The predicted octanol–water partition coefficient (Wildman–Crippen LogP) is 3.96. The van der Waals surface area contributed by atoms with Gasteiger partial charge in [-0.05, 0) is 41.7 Å². The largest absolute Gasteiger partial charge is 0.508 e. The maximum Gasteiger partial charge on any atom is 0.115 e. The average molecular weight is 230 g/mol. The number of hydrogen-bond acceptors (Lipinski definition) is 1. The lowest BCUT2D eigenvalue weighted by molar-refractivity contribution is 0.473. The predicted molar refractivity (Wildman–Crippen MR) is 67.8 cm³/mol. The summed E-state index contributed by atoms with van der Waals surface area (Å²) in [5.74, 6) is 0.272. The van der Waals surface area contributed by atoms with Gasteiger partial charge in [-0.15, -0.1) is 0 Å². The van der Waals surface area contributed by atoms with Gasteiger partial charge >= 0.3 is 0 Å². The third-order valence-electron chi connectivity index (χ3n) is 2.75. The molecule has 1 N–H and O–H groups in total. The number of benzene rings is 2. The summed E-state index contributed by atoms with van der Waals surface area (Å²) in [6.07, 6.45) is 1.37. The topological polar surface area (TPSA) is 20.2 Å². The van der Waals surface area contributed by atoms with Gasteiger partial charge in [-0.25, -0.2) is 0 Å². The van der Waals surface area contributed by atoms with E-state index < -0.39 is 0 Å². The lowest BCUT2D eigenvalue weighted by Gasteiger charge is -2.04. The van der Waals surface area contributed by atoms with Crippen molar-refractivity contribution in [3.8, 4) is 16.9 Å². The molecule has 0 saturated heterocycles. The molecule has 0 aliphatic carbocycles. The number of aromatic hydroxyl groups is 1. The van der Waals surface area contributed by atoms with E-state index in [1.807, 2.05) is 36.4 Å². The first-order valence-electron chi connectivity index (χ1n) is 5.74. The summed E-state index contributed by atoms with van der Waals surface area (Å²) in [7, 11) is 0. The highest BCUT2D eigenvalue weighted by molar-refractivity contribution is 5.64. The molecule has 17 heavy (non-hydrogen) atoms. The summed E-state index contributed by atoms with van der Waals surface area (Å²) in [5, 5.41) is 9.21. The van der Waals surface area contributed by atoms with Crippen LogP contribution in [0.3, 0.4) is 0 Å². The fourth-order valence-corrected chi connectivity index (χ4v) is 1.79. The fraction of sp³-hybridized carbons (Fsp3) is 0.200. The molecule has 0 fully saturated rings. The molecule has 0 aliphatic heterocycles. The van der Waals surface area contributed by atoms with Crippen molar-refractivity contribution in [1.29, 1.82) is 0 Å². The van der Waals surface area contributed by atoms with Crippen molar-refractivity contribution in [3.63, 3.8) is 0 Å². The second-order valence-electron chi connectivity index (χ2n) is 4.04. The van der Waals surface area contributed by atoms with E-state index in [4.69, 9.17) is 0 Å². The maximum atomic E-state index is 12.0. The van der Waals surface area contributed by atoms with Crippen LogP contribution in [0, 0.1) is 0 Å². The molecule has 0 bridgehead atoms. The van der Waals surface area contributed by atoms with Gasteiger partial charge in [0.1, 0.15) is 5.75 Å². The van der Waals surface area contributed by atoms with Gasteiger partial charge in [0, 0.05) is 0 Å². The Kier molecular flexibility index (Phi) is 3.76. The summed E-state index contributed by atoms with van der Waals surface area (Å²) in [6.45, 7) is -0.264. The molecule has 0 unspecified atom stereocenters. The molecule has 2 aromatic rings. The number of rotatable bonds is 4. The van der Waals surface area contributed by atoms with Crippen LogP contribution in [0.5, 0.6) is 5.75 Å². The second kappa shape index (κ2) is 5.48. The van der Waals surface area contributed by atoms with Gasteiger partial charge in [-0.2, -0.15) is 0 Å². The Balaban J connectivity index is 2.14. The van der Waals surface area contributed by atoms with Crippen molar-refractivity contribution in [1.82, 2.24) is 0 Å². The number of phenolic OH excluding ortho intramolecular Hbond substituents is 1. The molecule has 0 aromatic heterocycles. The van der Waals surface area contributed by atoms with E-state index in [1.165, 1.54) is 0 Å². The van der Waals surface area contributed by atoms with Crippen molar-refractivity contribution in [3.05, 3.63) is 54.1 Å². The lowest BCUT2D eigenvalue weighted by atomic mass is 10.0. The summed E-state index contributed by atoms with van der Waals surface area (Å²) in [6, 6.07) is 15.2. The van der Waals surface area contributed by atoms with E-state index >= 15 is 0 Å². The normalized spacial score (nSPS) is 10.4. The molecule has 0 spiro atoms. The second-order valence-corrected chi connectivity index (χ2v) is 4.04. The zero-order valence-electron chi connectivity index (χ0n) is 9.57. The molecule has 0 aliphatic rings. The van der Waals surface area contributed by atoms with Gasteiger partial charge < -0.3 is 5.11 Å². The molecule has 2 aromatic carbocycles. The first-order valence-corrected chi connectivity index (χ1v) is 5.74. The van der Waals surface area contributed by atoms with Gasteiger partial charge in [0.15, 0.2) is 0 Å². The molecule has 0 atom stereocenters. The SMILES string of the molecule is Oc1ccc(-c2ccc(CCCF)cc2)cc1. The van der Waals surface area contributed by atoms with Gasteiger partial charge in [0.05, 0.1) is 6.67 Å². The molecule has 0 heterocycles. The van der Waals surface area contributed by atoms with Crippen molar-refractivity contribution >= 4 is 0 Å². The average Bonchev–Trinajstić information content (AvgIpc) is 2.38. The number of halogens is 1. The molecule has 0 amide bonds. The Hall–Kier alpha value is -1.83. The van der Waals surface area contributed by atoms with Crippen LogP contribution < -0.4 is 0 Å². The highest BCUT2D eigenvalue weighted by atomic mass is 19.1. The smallest absolute Gasteiger partial charge is 0.115 e. The summed E-state index contributed by atoms with van der Waals surface area (Å²) in [5.41, 5.74) is 3.33. The van der Waals surface area contributed by atoms with Crippen LogP contribution in [-0.4, -0.2) is 11.8 Å². The lowest BCUT2D eigenvalue weighted by Crippen LogP contribution is -1.86. The van der Waals surface area contributed by atoms with Crippen LogP contribution >= 0.6 is 0 Å². The number of phenols is 1. The van der Waals surface area contributed by atoms with Crippen LogP contribution in [0.1, 0.15) is 12.0 Å². The monoisotopic (exact) mass is 230 g/mol. The molecular formula is C15H15FO. The molecule has 0 saturated carbocycles. The maximum absolute atomic E-state index is 12.0. The standard InChI is InChI=1S/C15H15FO/c16-11-1-2-12-3-5-13(6-4-12)14-7-9-15(17)10-8-14/h3-10,17H,1-2,11H2. The van der Waals surface area contributed by atoms with E-state index in [9.17, 15) is 9.50 Å². The van der Waals surface area contributed by atoms with Gasteiger partial charge in [0.2, 0.25) is 0 Å². The third-order valence-corrected chi connectivity index (χ3v) is 2.75. The molecule has 1 nitrogen and oxygen atoms in total. The molecule has 2 rings (SSSR count). The summed E-state index contributed by atoms with van der Waals surface area (Å²) in [4.78, 5) is 0. The van der Waals surface area contributed by atoms with E-state index in [0.29, 0.717) is 6.42 Å². The third kappa shape index (κ3) is 3.06. The fourth-order valence-electron chi connectivity index (χ4n) is 1.79. The van der Waals surface area contributed by atoms with Gasteiger partial charge in [0.25, 0.3) is 0 Å². The van der Waals surface area contributed by atoms with Crippen molar-refractivity contribution < 1.29 is 9.50 Å². The van der Waals surface area contributed by atoms with Crippen LogP contribution in [0.4, 0.5) is 4.39 Å². The van der Waals surface area contributed by atoms with E-state index in [2.05, 4.69) is 0 Å². The highest BCUT2D eigenvalue weighted by Crippen LogP contribution is 2.22. The summed E-state index contributed by atoms with van der Waals surface area (Å²) >= 11 is 0. The number of hydrogen-bond donors (Lipinski definition) is 1. The Morgan fingerprint density at radius 1 is 0.824 bits per heavy atom. The molecular weight excluding hydrogens is 215 g/mol. The van der Waals surface area contributed by atoms with Gasteiger partial charge in [-0.3, -0.25) is 4.39 Å². The molecule has 0 radical (unpaired) electrons. The first-order chi connectivity index (χ1) is 8.29. The Morgan fingerprint density at radius 3 is 1.88 bits per heavy atom. The quantitative estimate of drug-likeness (QED) is 0.842. The van der Waals surface area contributed by atoms with E-state index in [0.717, 1.165) is 23.1 Å². The minimum atomic E-state index is -0.264. The molecule has 2 heteroatoms. The molecule has 88 valence electrons. The van der Waals surface area contributed by atoms with E-state index in [-0.39, 0.29) is 12.4 Å². The van der Waals surface area contributed by atoms with Crippen molar-refractivity contribution in [2.45, 2.75) is 12.8 Å². The zero-order chi connectivity index (χ0) is 12.1. The Bertz CT molecular complexity index is 459. The van der Waals surface area contributed by atoms with Crippen LogP contribution in [0.25, 0.3) is 11.1 Å². The minimum absolute atomic E-state index is 0.264. The van der Waals surface area contributed by atoms with E-state index in [1.54, 1.807) is 12.1 Å². The van der Waals surface area contributed by atoms with Crippen LogP contribution in [-0.2, 0) is 6.42 Å². The number of aryl methyl sites for hydroxylation is 1. The zero-order valence-corrected chi connectivity index (χ0v) is 9.57. The van der Waals surface area contributed by atoms with Crippen molar-refractivity contribution in [2.75, 3.05) is 6.67 Å².